The van der Waals surface area contributed by atoms with E-state index in [9.17, 15) is 19.8 Å². The van der Waals surface area contributed by atoms with E-state index < -0.39 is 17.6 Å². The molecule has 4 rings (SSSR count). The van der Waals surface area contributed by atoms with Gasteiger partial charge in [0, 0.05) is 23.0 Å². The van der Waals surface area contributed by atoms with Crippen molar-refractivity contribution in [2.45, 2.75) is 32.4 Å². The Morgan fingerprint density at radius 3 is 2.58 bits per heavy atom. The first-order valence-electron chi connectivity index (χ1n) is 10.5. The number of ether oxygens (including phenoxy) is 1. The molecule has 0 bridgehead atoms. The highest BCUT2D eigenvalue weighted by atomic mass is 16.6. The van der Waals surface area contributed by atoms with Crippen LogP contribution in [0.25, 0.3) is 0 Å². The molecule has 0 fully saturated rings. The van der Waals surface area contributed by atoms with Crippen LogP contribution >= 0.6 is 0 Å². The highest BCUT2D eigenvalue weighted by Gasteiger charge is 2.37. The number of carboxylic acid groups (broad SMARTS) is 1. The fraction of sp³-hybridized carbons (Fsp3) is 0.240. The number of hydrogen-bond acceptors (Lipinski definition) is 7. The van der Waals surface area contributed by atoms with Gasteiger partial charge < -0.3 is 25.6 Å². The van der Waals surface area contributed by atoms with Crippen LogP contribution in [0.3, 0.4) is 0 Å². The van der Waals surface area contributed by atoms with Gasteiger partial charge in [-0.25, -0.2) is 14.6 Å². The predicted octanol–water partition coefficient (Wildman–Crippen LogP) is 4.38. The van der Waals surface area contributed by atoms with Crippen molar-refractivity contribution in [2.24, 2.45) is 0 Å². The van der Waals surface area contributed by atoms with E-state index in [4.69, 9.17) is 4.74 Å². The van der Waals surface area contributed by atoms with E-state index in [0.717, 1.165) is 11.1 Å². The number of rotatable bonds is 7. The Labute approximate surface area is 191 Å². The zero-order chi connectivity index (χ0) is 23.8. The maximum atomic E-state index is 12.1. The molecule has 0 saturated carbocycles. The first-order valence-corrected chi connectivity index (χ1v) is 10.5. The van der Waals surface area contributed by atoms with Crippen molar-refractivity contribution in [1.82, 2.24) is 4.98 Å². The van der Waals surface area contributed by atoms with E-state index in [1.807, 2.05) is 50.2 Å². The maximum absolute atomic E-state index is 12.1. The highest BCUT2D eigenvalue weighted by Crippen LogP contribution is 2.38. The molecule has 8 heteroatoms. The number of nitrogens with one attached hydrogen (secondary N) is 2. The number of carbonyl (C=O) groups is 2. The van der Waals surface area contributed by atoms with Crippen molar-refractivity contribution in [3.8, 4) is 0 Å². The van der Waals surface area contributed by atoms with Crippen molar-refractivity contribution < 1.29 is 24.5 Å². The number of aromatic carboxylic acids is 1. The third kappa shape index (κ3) is 4.25. The first-order chi connectivity index (χ1) is 15.7. The van der Waals surface area contributed by atoms with Gasteiger partial charge in [0.1, 0.15) is 17.0 Å². The lowest BCUT2D eigenvalue weighted by Gasteiger charge is -2.22. The topological polar surface area (TPSA) is 121 Å². The minimum atomic E-state index is -1.13. The Kier molecular flexibility index (Phi) is 5.78. The molecular formula is C25H25N3O5. The van der Waals surface area contributed by atoms with Crippen LogP contribution in [0.1, 0.15) is 57.3 Å². The number of fused-ring (bicyclic) bond motifs is 1. The van der Waals surface area contributed by atoms with Crippen molar-refractivity contribution in [2.75, 3.05) is 17.2 Å². The minimum Gasteiger partial charge on any atom is -0.478 e. The van der Waals surface area contributed by atoms with Crippen LogP contribution in [0.2, 0.25) is 0 Å². The first kappa shape index (κ1) is 22.3. The summed E-state index contributed by atoms with van der Waals surface area (Å²) in [5.74, 6) is -1.03. The maximum Gasteiger partial charge on any atom is 0.339 e. The molecule has 1 aliphatic heterocycles. The van der Waals surface area contributed by atoms with Gasteiger partial charge >= 0.3 is 11.9 Å². The number of pyridine rings is 1. The Balaban J connectivity index is 1.70. The fourth-order valence-electron chi connectivity index (χ4n) is 3.96. The summed E-state index contributed by atoms with van der Waals surface area (Å²) < 4.78 is 5.43. The number of carboxylic acids is 1. The number of anilines is 3. The molecule has 2 heterocycles. The predicted molar refractivity (Wildman–Crippen MR) is 124 cm³/mol. The molecule has 1 atom stereocenters. The molecule has 170 valence electrons. The van der Waals surface area contributed by atoms with E-state index in [1.165, 1.54) is 6.20 Å². The minimum absolute atomic E-state index is 0.00140. The van der Waals surface area contributed by atoms with Crippen molar-refractivity contribution in [1.29, 1.82) is 0 Å². The van der Waals surface area contributed by atoms with Crippen LogP contribution < -0.4 is 10.6 Å². The Morgan fingerprint density at radius 1 is 1.18 bits per heavy atom. The number of hydrogen-bond donors (Lipinski definition) is 4. The molecule has 0 amide bonds. The zero-order valence-electron chi connectivity index (χ0n) is 18.5. The molecule has 1 aliphatic rings. The molecule has 33 heavy (non-hydrogen) atoms. The normalized spacial score (nSPS) is 14.8. The molecule has 0 spiro atoms. The Hall–Kier alpha value is -3.91. The summed E-state index contributed by atoms with van der Waals surface area (Å²) in [6.45, 7) is 5.19. The van der Waals surface area contributed by atoms with Crippen LogP contribution in [-0.2, 0) is 10.3 Å². The molecule has 1 aromatic heterocycles. The number of aliphatic hydroxyl groups excluding tert-OH is 1. The van der Waals surface area contributed by atoms with Crippen molar-refractivity contribution in [3.05, 3.63) is 82.5 Å². The van der Waals surface area contributed by atoms with Gasteiger partial charge in [-0.15, -0.1) is 0 Å². The van der Waals surface area contributed by atoms with Crippen LogP contribution in [-0.4, -0.2) is 33.7 Å². The lowest BCUT2D eigenvalue weighted by Crippen LogP contribution is -2.19. The Bertz CT molecular complexity index is 1220. The second-order valence-electron chi connectivity index (χ2n) is 8.40. The second-order valence-corrected chi connectivity index (χ2v) is 8.40. The molecule has 1 unspecified atom stereocenters. The number of nitrogens with zero attached hydrogens (tertiary/aromatic N) is 1. The van der Waals surface area contributed by atoms with Gasteiger partial charge in [0.15, 0.2) is 0 Å². The molecule has 0 radical (unpaired) electrons. The fourth-order valence-corrected chi connectivity index (χ4v) is 3.96. The molecule has 2 aromatic carbocycles. The van der Waals surface area contributed by atoms with Gasteiger partial charge in [-0.3, -0.25) is 0 Å². The van der Waals surface area contributed by atoms with Gasteiger partial charge in [-0.2, -0.15) is 0 Å². The van der Waals surface area contributed by atoms with Gasteiger partial charge in [0.05, 0.1) is 23.9 Å². The quantitative estimate of drug-likeness (QED) is 0.394. The number of esters is 1. The van der Waals surface area contributed by atoms with E-state index in [1.54, 1.807) is 19.1 Å². The monoisotopic (exact) mass is 447 g/mol. The third-order valence-electron chi connectivity index (χ3n) is 5.75. The SMILES string of the molecule is Cc1c(Nc2ccc3c(c2)C(C)(C)OC3=O)ncc(C(=O)O)c1NC(CO)c1ccccc1. The average molecular weight is 447 g/mol. The summed E-state index contributed by atoms with van der Waals surface area (Å²) in [5.41, 5.74) is 3.00. The van der Waals surface area contributed by atoms with Crippen LogP contribution in [0.4, 0.5) is 17.2 Å². The van der Waals surface area contributed by atoms with E-state index in [2.05, 4.69) is 15.6 Å². The summed E-state index contributed by atoms with van der Waals surface area (Å²) in [6.07, 6.45) is 1.28. The average Bonchev–Trinajstić information content (AvgIpc) is 3.02. The Morgan fingerprint density at radius 2 is 1.91 bits per heavy atom. The second kappa shape index (κ2) is 8.55. The molecular weight excluding hydrogens is 422 g/mol. The molecule has 0 aliphatic carbocycles. The lowest BCUT2D eigenvalue weighted by molar-refractivity contribution is 0.00953. The molecule has 3 aromatic rings. The van der Waals surface area contributed by atoms with Gasteiger partial charge in [-0.1, -0.05) is 30.3 Å². The molecule has 0 saturated heterocycles. The van der Waals surface area contributed by atoms with E-state index >= 15 is 0 Å². The highest BCUT2D eigenvalue weighted by molar-refractivity contribution is 5.97. The van der Waals surface area contributed by atoms with E-state index in [0.29, 0.717) is 28.3 Å². The van der Waals surface area contributed by atoms with Crippen LogP contribution in [0.15, 0.2) is 54.7 Å². The summed E-state index contributed by atoms with van der Waals surface area (Å²) in [5, 5.41) is 26.0. The lowest BCUT2D eigenvalue weighted by atomic mass is 9.95. The van der Waals surface area contributed by atoms with Crippen molar-refractivity contribution in [3.63, 3.8) is 0 Å². The number of aromatic nitrogens is 1. The standard InChI is InChI=1S/C25H25N3O5/c1-14-21(28-20(13-29)15-7-5-4-6-8-15)18(23(30)31)12-26-22(14)27-16-9-10-17-19(11-16)25(2,3)33-24(17)32/h4-12,20,29H,13H2,1-3H3,(H,30,31)(H2,26,27,28). The molecule has 8 nitrogen and oxygen atoms in total. The number of cyclic esters (lactones) is 1. The summed E-state index contributed by atoms with van der Waals surface area (Å²) in [7, 11) is 0. The smallest absolute Gasteiger partial charge is 0.339 e. The van der Waals surface area contributed by atoms with Crippen LogP contribution in [0, 0.1) is 6.92 Å². The van der Waals surface area contributed by atoms with Crippen molar-refractivity contribution >= 4 is 29.1 Å². The van der Waals surface area contributed by atoms with E-state index in [-0.39, 0.29) is 18.1 Å². The van der Waals surface area contributed by atoms with Gasteiger partial charge in [-0.05, 0) is 44.5 Å². The largest absolute Gasteiger partial charge is 0.478 e. The van der Waals surface area contributed by atoms with Gasteiger partial charge in [0.2, 0.25) is 0 Å². The molecule has 4 N–H and O–H groups in total. The summed E-state index contributed by atoms with van der Waals surface area (Å²) in [6, 6.07) is 14.1. The number of benzene rings is 2. The zero-order valence-corrected chi connectivity index (χ0v) is 18.5. The summed E-state index contributed by atoms with van der Waals surface area (Å²) >= 11 is 0. The van der Waals surface area contributed by atoms with Gasteiger partial charge in [0.25, 0.3) is 0 Å². The summed E-state index contributed by atoms with van der Waals surface area (Å²) in [4.78, 5) is 28.2. The number of carbonyl (C=O) groups excluding carboxylic acids is 1. The van der Waals surface area contributed by atoms with Crippen LogP contribution in [0.5, 0.6) is 0 Å². The number of aliphatic hydroxyl groups is 1. The third-order valence-corrected chi connectivity index (χ3v) is 5.75.